The fourth-order valence-corrected chi connectivity index (χ4v) is 4.19. The summed E-state index contributed by atoms with van der Waals surface area (Å²) in [5.41, 5.74) is 3.22. The van der Waals surface area contributed by atoms with E-state index in [1.807, 2.05) is 0 Å². The summed E-state index contributed by atoms with van der Waals surface area (Å²) >= 11 is 0. The van der Waals surface area contributed by atoms with Gasteiger partial charge in [-0.2, -0.15) is 0 Å². The van der Waals surface area contributed by atoms with E-state index < -0.39 is 0 Å². The molecule has 0 N–H and O–H groups in total. The molecule has 1 atom stereocenters. The zero-order valence-corrected chi connectivity index (χ0v) is 15.7. The molecule has 3 heterocycles. The Morgan fingerprint density at radius 3 is 2.65 bits per heavy atom. The van der Waals surface area contributed by atoms with Gasteiger partial charge in [0.15, 0.2) is 5.82 Å². The lowest BCUT2D eigenvalue weighted by atomic mass is 9.93. The summed E-state index contributed by atoms with van der Waals surface area (Å²) in [5, 5.41) is 0. The molecule has 4 rings (SSSR count). The zero-order valence-electron chi connectivity index (χ0n) is 15.7. The number of rotatable bonds is 3. The number of piperazine rings is 1. The molecule has 1 aromatic heterocycles. The van der Waals surface area contributed by atoms with Gasteiger partial charge in [-0.05, 0) is 38.5 Å². The highest BCUT2D eigenvalue weighted by Crippen LogP contribution is 2.40. The third-order valence-corrected chi connectivity index (χ3v) is 5.56. The van der Waals surface area contributed by atoms with Crippen molar-refractivity contribution < 1.29 is 9.13 Å². The first-order valence-electron chi connectivity index (χ1n) is 9.34. The molecule has 0 spiro atoms. The molecule has 138 valence electrons. The molecule has 1 fully saturated rings. The predicted octanol–water partition coefficient (Wildman–Crippen LogP) is 3.82. The monoisotopic (exact) mass is 355 g/mol. The second-order valence-electron chi connectivity index (χ2n) is 7.89. The van der Waals surface area contributed by atoms with Gasteiger partial charge in [0.25, 0.3) is 0 Å². The number of hydrogen-bond donors (Lipinski definition) is 0. The number of benzene rings is 1. The minimum atomic E-state index is -0.241. The first-order valence-corrected chi connectivity index (χ1v) is 9.34. The molecule has 4 nitrogen and oxygen atoms in total. The van der Waals surface area contributed by atoms with E-state index in [4.69, 9.17) is 4.74 Å². The van der Waals surface area contributed by atoms with E-state index >= 15 is 0 Å². The predicted molar refractivity (Wildman–Crippen MR) is 101 cm³/mol. The summed E-state index contributed by atoms with van der Waals surface area (Å²) in [6, 6.07) is 8.48. The van der Waals surface area contributed by atoms with Gasteiger partial charge in [0.1, 0.15) is 11.4 Å². The van der Waals surface area contributed by atoms with E-state index in [1.165, 1.54) is 17.3 Å². The quantitative estimate of drug-likeness (QED) is 0.837. The highest BCUT2D eigenvalue weighted by Gasteiger charge is 2.34. The van der Waals surface area contributed by atoms with Crippen LogP contribution in [0.2, 0.25) is 0 Å². The topological polar surface area (TPSA) is 28.6 Å². The first-order chi connectivity index (χ1) is 12.4. The minimum Gasteiger partial charge on any atom is -0.487 e. The van der Waals surface area contributed by atoms with Crippen molar-refractivity contribution in [3.8, 4) is 5.75 Å². The van der Waals surface area contributed by atoms with Crippen LogP contribution in [0.15, 0.2) is 36.7 Å². The average molecular weight is 355 g/mol. The summed E-state index contributed by atoms with van der Waals surface area (Å²) in [6.45, 7) is 10.0. The van der Waals surface area contributed by atoms with Crippen molar-refractivity contribution in [2.45, 2.75) is 38.8 Å². The Morgan fingerprint density at radius 1 is 1.15 bits per heavy atom. The molecule has 2 aliphatic rings. The van der Waals surface area contributed by atoms with Crippen molar-refractivity contribution >= 4 is 5.69 Å². The van der Waals surface area contributed by atoms with Crippen molar-refractivity contribution in [3.05, 3.63) is 53.6 Å². The second-order valence-corrected chi connectivity index (χ2v) is 7.89. The molecule has 1 saturated heterocycles. The Labute approximate surface area is 154 Å². The molecule has 0 amide bonds. The van der Waals surface area contributed by atoms with Crippen molar-refractivity contribution in [1.82, 2.24) is 9.88 Å². The fourth-order valence-electron chi connectivity index (χ4n) is 4.19. The molecule has 2 aliphatic heterocycles. The number of hydrogen-bond acceptors (Lipinski definition) is 4. The standard InChI is InChI=1S/C21H26FN3O/c1-15(16-5-4-6-20-17(16)13-21(2,3)26-20)24-9-11-25(12-10-24)19-7-8-23-14-18(19)22/h4-8,14-15H,9-13H2,1-3H3. The maximum absolute atomic E-state index is 14.0. The molecule has 0 saturated carbocycles. The van der Waals surface area contributed by atoms with Crippen LogP contribution in [-0.4, -0.2) is 41.7 Å². The minimum absolute atomic E-state index is 0.129. The molecular weight excluding hydrogens is 329 g/mol. The lowest BCUT2D eigenvalue weighted by Gasteiger charge is -2.39. The lowest BCUT2D eigenvalue weighted by molar-refractivity contribution is 0.138. The van der Waals surface area contributed by atoms with Crippen LogP contribution in [0.4, 0.5) is 10.1 Å². The van der Waals surface area contributed by atoms with Crippen LogP contribution in [-0.2, 0) is 6.42 Å². The normalized spacial score (nSPS) is 20.5. The molecule has 5 heteroatoms. The third-order valence-electron chi connectivity index (χ3n) is 5.56. The maximum atomic E-state index is 14.0. The van der Waals surface area contributed by atoms with Crippen LogP contribution in [0, 0.1) is 5.82 Å². The van der Waals surface area contributed by atoms with Gasteiger partial charge in [0.2, 0.25) is 0 Å². The Bertz CT molecular complexity index is 800. The average Bonchev–Trinajstić information content (AvgIpc) is 2.95. The first kappa shape index (κ1) is 17.3. The summed E-state index contributed by atoms with van der Waals surface area (Å²) in [5.74, 6) is 0.783. The molecule has 1 aromatic carbocycles. The number of nitrogens with zero attached hydrogens (tertiary/aromatic N) is 3. The number of pyridine rings is 1. The van der Waals surface area contributed by atoms with Crippen molar-refractivity contribution in [1.29, 1.82) is 0 Å². The molecule has 0 radical (unpaired) electrons. The summed E-state index contributed by atoms with van der Waals surface area (Å²) in [6.07, 6.45) is 3.90. The van der Waals surface area contributed by atoms with Gasteiger partial charge >= 0.3 is 0 Å². The maximum Gasteiger partial charge on any atom is 0.164 e. The van der Waals surface area contributed by atoms with Crippen LogP contribution < -0.4 is 9.64 Å². The van der Waals surface area contributed by atoms with Crippen LogP contribution in [0.3, 0.4) is 0 Å². The van der Waals surface area contributed by atoms with E-state index in [0.717, 1.165) is 38.3 Å². The molecular formula is C21H26FN3O. The number of fused-ring (bicyclic) bond motifs is 1. The van der Waals surface area contributed by atoms with Crippen molar-refractivity contribution in [3.63, 3.8) is 0 Å². The highest BCUT2D eigenvalue weighted by molar-refractivity contribution is 5.48. The Morgan fingerprint density at radius 2 is 1.92 bits per heavy atom. The molecule has 1 unspecified atom stereocenters. The zero-order chi connectivity index (χ0) is 18.3. The van der Waals surface area contributed by atoms with Gasteiger partial charge in [-0.15, -0.1) is 0 Å². The van der Waals surface area contributed by atoms with Crippen LogP contribution in [0.5, 0.6) is 5.75 Å². The lowest BCUT2D eigenvalue weighted by Crippen LogP contribution is -2.47. The molecule has 0 bridgehead atoms. The van der Waals surface area contributed by atoms with Gasteiger partial charge in [-0.1, -0.05) is 12.1 Å². The Hall–Kier alpha value is -2.14. The van der Waals surface area contributed by atoms with Crippen molar-refractivity contribution in [2.24, 2.45) is 0 Å². The summed E-state index contributed by atoms with van der Waals surface area (Å²) < 4.78 is 20.1. The van der Waals surface area contributed by atoms with E-state index in [1.54, 1.807) is 12.3 Å². The fraction of sp³-hybridized carbons (Fsp3) is 0.476. The SMILES string of the molecule is CC(c1cccc2c1CC(C)(C)O2)N1CCN(c2ccncc2F)CC1. The van der Waals surface area contributed by atoms with E-state index in [-0.39, 0.29) is 11.4 Å². The van der Waals surface area contributed by atoms with Gasteiger partial charge < -0.3 is 9.64 Å². The number of halogens is 1. The molecule has 26 heavy (non-hydrogen) atoms. The smallest absolute Gasteiger partial charge is 0.164 e. The van der Waals surface area contributed by atoms with Gasteiger partial charge in [-0.25, -0.2) is 4.39 Å². The Balaban J connectivity index is 1.48. The highest BCUT2D eigenvalue weighted by atomic mass is 19.1. The van der Waals surface area contributed by atoms with Crippen molar-refractivity contribution in [2.75, 3.05) is 31.1 Å². The summed E-state index contributed by atoms with van der Waals surface area (Å²) in [4.78, 5) is 8.44. The van der Waals surface area contributed by atoms with Gasteiger partial charge in [0.05, 0.1) is 11.9 Å². The summed E-state index contributed by atoms with van der Waals surface area (Å²) in [7, 11) is 0. The van der Waals surface area contributed by atoms with E-state index in [0.29, 0.717) is 11.7 Å². The van der Waals surface area contributed by atoms with Gasteiger partial charge in [0, 0.05) is 50.4 Å². The number of ether oxygens (including phenoxy) is 1. The van der Waals surface area contributed by atoms with E-state index in [2.05, 4.69) is 53.8 Å². The van der Waals surface area contributed by atoms with Crippen LogP contribution in [0.25, 0.3) is 0 Å². The van der Waals surface area contributed by atoms with Gasteiger partial charge in [-0.3, -0.25) is 9.88 Å². The molecule has 0 aliphatic carbocycles. The van der Waals surface area contributed by atoms with E-state index in [9.17, 15) is 4.39 Å². The third kappa shape index (κ3) is 3.16. The number of anilines is 1. The number of aromatic nitrogens is 1. The largest absolute Gasteiger partial charge is 0.487 e. The molecule has 2 aromatic rings. The van der Waals surface area contributed by atoms with Crippen LogP contribution >= 0.6 is 0 Å². The Kier molecular flexibility index (Phi) is 4.35. The second kappa shape index (κ2) is 6.54. The van der Waals surface area contributed by atoms with Crippen LogP contribution in [0.1, 0.15) is 37.9 Å².